The Morgan fingerprint density at radius 2 is 1.97 bits per heavy atom. The number of aryl methyl sites for hydroxylation is 1. The number of hydrogen-bond donors (Lipinski definition) is 4. The van der Waals surface area contributed by atoms with Crippen molar-refractivity contribution in [1.29, 1.82) is 0 Å². The van der Waals surface area contributed by atoms with Crippen LogP contribution in [0.3, 0.4) is 0 Å². The van der Waals surface area contributed by atoms with Crippen LogP contribution in [0.4, 0.5) is 5.69 Å². The predicted molar refractivity (Wildman–Crippen MR) is 129 cm³/mol. The molecule has 0 aromatic heterocycles. The Kier molecular flexibility index (Phi) is 8.57. The minimum absolute atomic E-state index is 0.0122. The van der Waals surface area contributed by atoms with Gasteiger partial charge in [0.05, 0.1) is 23.1 Å². The number of rotatable bonds is 11. The lowest BCUT2D eigenvalue weighted by Crippen LogP contribution is -2.29. The quantitative estimate of drug-likeness (QED) is 0.315. The van der Waals surface area contributed by atoms with E-state index in [0.29, 0.717) is 43.7 Å². The van der Waals surface area contributed by atoms with E-state index in [2.05, 4.69) is 5.32 Å². The van der Waals surface area contributed by atoms with Crippen molar-refractivity contribution in [3.8, 4) is 17.2 Å². The first-order valence-electron chi connectivity index (χ1n) is 10.8. The molecular formula is C22H27N3O8S2. The minimum atomic E-state index is -4.02. The van der Waals surface area contributed by atoms with Crippen molar-refractivity contribution in [2.75, 3.05) is 30.3 Å². The molecule has 0 saturated carbocycles. The predicted octanol–water partition coefficient (Wildman–Crippen LogP) is 0.924. The number of nitrogens with zero attached hydrogens (tertiary/aromatic N) is 1. The number of amides is 2. The zero-order valence-corrected chi connectivity index (χ0v) is 20.7. The van der Waals surface area contributed by atoms with Crippen LogP contribution in [0.1, 0.15) is 24.8 Å². The molecule has 1 atom stereocenters. The van der Waals surface area contributed by atoms with Crippen LogP contribution in [0.2, 0.25) is 0 Å². The monoisotopic (exact) mass is 525 g/mol. The molecule has 1 fully saturated rings. The molecule has 1 aliphatic rings. The summed E-state index contributed by atoms with van der Waals surface area (Å²) in [5.41, 5.74) is 0.627. The van der Waals surface area contributed by atoms with Crippen molar-refractivity contribution in [3.63, 3.8) is 0 Å². The highest BCUT2D eigenvalue weighted by atomic mass is 32.2. The van der Waals surface area contributed by atoms with Gasteiger partial charge in [-0.3, -0.25) is 13.8 Å². The fourth-order valence-corrected chi connectivity index (χ4v) is 5.42. The molecule has 1 aliphatic heterocycles. The zero-order chi connectivity index (χ0) is 25.6. The summed E-state index contributed by atoms with van der Waals surface area (Å²) in [5.74, 6) is -0.868. The topological polar surface area (TPSA) is 162 Å². The van der Waals surface area contributed by atoms with E-state index in [4.69, 9.17) is 4.74 Å². The fraction of sp³-hybridized carbons (Fsp3) is 0.364. The molecule has 4 N–H and O–H groups in total. The van der Waals surface area contributed by atoms with Gasteiger partial charge in [0.25, 0.3) is 5.91 Å². The number of ether oxygens (including phenoxy) is 1. The SMILES string of the molecule is CS(=O)c1c(O)cccc1OCCCCNC(=O)CCc1ccc(N2CC(=O)NS2(=O)=O)c(O)c1. The van der Waals surface area contributed by atoms with Gasteiger partial charge in [0.1, 0.15) is 28.7 Å². The van der Waals surface area contributed by atoms with E-state index in [-0.39, 0.29) is 34.4 Å². The molecule has 1 heterocycles. The van der Waals surface area contributed by atoms with Crippen LogP contribution in [0.25, 0.3) is 0 Å². The molecule has 1 unspecified atom stereocenters. The Morgan fingerprint density at radius 3 is 2.63 bits per heavy atom. The maximum Gasteiger partial charge on any atom is 0.326 e. The fourth-order valence-electron chi connectivity index (χ4n) is 3.49. The third-order valence-corrected chi connectivity index (χ3v) is 7.54. The lowest BCUT2D eigenvalue weighted by Gasteiger charge is -2.16. The largest absolute Gasteiger partial charge is 0.507 e. The number of benzene rings is 2. The average molecular weight is 526 g/mol. The molecule has 0 aliphatic carbocycles. The zero-order valence-electron chi connectivity index (χ0n) is 19.0. The summed E-state index contributed by atoms with van der Waals surface area (Å²) in [6.45, 7) is 0.367. The maximum absolute atomic E-state index is 12.1. The number of anilines is 1. The number of aromatic hydroxyl groups is 2. The second-order valence-corrected chi connectivity index (χ2v) is 10.7. The van der Waals surface area contributed by atoms with Crippen molar-refractivity contribution in [1.82, 2.24) is 10.0 Å². The standard InChI is InChI=1S/C22H27N3O8S2/c1-34(30)22-17(26)5-4-6-19(22)33-12-3-2-11-23-20(28)10-8-15-7-9-16(18(27)13-15)25-14-21(29)24-35(25,31)32/h4-7,9,13,26-27H,2-3,8,10-12,14H2,1H3,(H,23,28)(H,24,29). The molecule has 1 saturated heterocycles. The normalized spacial score (nSPS) is 15.5. The van der Waals surface area contributed by atoms with Crippen molar-refractivity contribution >= 4 is 38.5 Å². The van der Waals surface area contributed by atoms with Crippen LogP contribution in [-0.2, 0) is 37.0 Å². The first-order chi connectivity index (χ1) is 16.6. The van der Waals surface area contributed by atoms with Gasteiger partial charge in [0.15, 0.2) is 0 Å². The molecule has 13 heteroatoms. The second kappa shape index (κ2) is 11.4. The highest BCUT2D eigenvalue weighted by Crippen LogP contribution is 2.32. The molecule has 0 radical (unpaired) electrons. The van der Waals surface area contributed by atoms with E-state index in [9.17, 15) is 32.4 Å². The van der Waals surface area contributed by atoms with Crippen LogP contribution < -0.4 is 19.1 Å². The number of carbonyl (C=O) groups is 2. The van der Waals surface area contributed by atoms with Gasteiger partial charge < -0.3 is 20.3 Å². The van der Waals surface area contributed by atoms with Crippen molar-refractivity contribution in [2.45, 2.75) is 30.6 Å². The summed E-state index contributed by atoms with van der Waals surface area (Å²) < 4.78 is 43.8. The Balaban J connectivity index is 1.38. The molecule has 2 amide bonds. The Hall–Kier alpha value is -3.32. The summed E-state index contributed by atoms with van der Waals surface area (Å²) in [6.07, 6.45) is 3.26. The Bertz CT molecular complexity index is 1230. The average Bonchev–Trinajstić information content (AvgIpc) is 3.06. The lowest BCUT2D eigenvalue weighted by atomic mass is 10.1. The molecule has 35 heavy (non-hydrogen) atoms. The number of phenols is 2. The highest BCUT2D eigenvalue weighted by Gasteiger charge is 2.35. The van der Waals surface area contributed by atoms with Gasteiger partial charge in [0.2, 0.25) is 5.91 Å². The van der Waals surface area contributed by atoms with E-state index >= 15 is 0 Å². The van der Waals surface area contributed by atoms with E-state index in [1.807, 2.05) is 4.72 Å². The Morgan fingerprint density at radius 1 is 1.20 bits per heavy atom. The third kappa shape index (κ3) is 6.85. The van der Waals surface area contributed by atoms with Crippen LogP contribution in [-0.4, -0.2) is 60.6 Å². The molecule has 0 spiro atoms. The minimum Gasteiger partial charge on any atom is -0.507 e. The van der Waals surface area contributed by atoms with Crippen molar-refractivity contribution in [3.05, 3.63) is 42.0 Å². The summed E-state index contributed by atoms with van der Waals surface area (Å²) in [5, 5.41) is 22.8. The number of unbranched alkanes of at least 4 members (excludes halogenated alkanes) is 1. The van der Waals surface area contributed by atoms with E-state index in [1.165, 1.54) is 24.5 Å². The highest BCUT2D eigenvalue weighted by molar-refractivity contribution is 7.92. The molecule has 11 nitrogen and oxygen atoms in total. The Labute approximate surface area is 205 Å². The number of carbonyl (C=O) groups excluding carboxylic acids is 2. The van der Waals surface area contributed by atoms with Gasteiger partial charge in [-0.2, -0.15) is 8.42 Å². The number of hydrogen-bond acceptors (Lipinski definition) is 8. The number of phenolic OH excluding ortho intramolecular Hbond substituents is 2. The third-order valence-electron chi connectivity index (χ3n) is 5.17. The summed E-state index contributed by atoms with van der Waals surface area (Å²) in [7, 11) is -5.40. The van der Waals surface area contributed by atoms with Gasteiger partial charge in [-0.15, -0.1) is 0 Å². The van der Waals surface area contributed by atoms with Gasteiger partial charge in [-0.1, -0.05) is 12.1 Å². The van der Waals surface area contributed by atoms with Crippen LogP contribution >= 0.6 is 0 Å². The maximum atomic E-state index is 12.1. The lowest BCUT2D eigenvalue weighted by molar-refractivity contribution is -0.121. The molecule has 2 aromatic rings. The van der Waals surface area contributed by atoms with Gasteiger partial charge in [0, 0.05) is 19.2 Å². The molecule has 2 aromatic carbocycles. The summed E-state index contributed by atoms with van der Waals surface area (Å²) >= 11 is 0. The summed E-state index contributed by atoms with van der Waals surface area (Å²) in [4.78, 5) is 23.7. The molecule has 0 bridgehead atoms. The van der Waals surface area contributed by atoms with Gasteiger partial charge in [-0.25, -0.2) is 9.03 Å². The van der Waals surface area contributed by atoms with Crippen LogP contribution in [0.5, 0.6) is 17.2 Å². The number of nitrogens with one attached hydrogen (secondary N) is 2. The van der Waals surface area contributed by atoms with Gasteiger partial charge in [-0.05, 0) is 49.1 Å². The molecule has 190 valence electrons. The van der Waals surface area contributed by atoms with Crippen molar-refractivity contribution in [2.24, 2.45) is 0 Å². The van der Waals surface area contributed by atoms with E-state index < -0.39 is 33.5 Å². The first kappa shape index (κ1) is 26.3. The van der Waals surface area contributed by atoms with Crippen LogP contribution in [0, 0.1) is 0 Å². The van der Waals surface area contributed by atoms with E-state index in [0.717, 1.165) is 4.31 Å². The van der Waals surface area contributed by atoms with E-state index in [1.54, 1.807) is 18.2 Å². The molecule has 3 rings (SSSR count). The first-order valence-corrected chi connectivity index (χ1v) is 13.8. The molecular weight excluding hydrogens is 498 g/mol. The second-order valence-electron chi connectivity index (χ2n) is 7.82. The summed E-state index contributed by atoms with van der Waals surface area (Å²) in [6, 6.07) is 9.07. The van der Waals surface area contributed by atoms with Gasteiger partial charge >= 0.3 is 10.2 Å². The van der Waals surface area contributed by atoms with Crippen LogP contribution in [0.15, 0.2) is 41.3 Å². The van der Waals surface area contributed by atoms with Crippen molar-refractivity contribution < 1.29 is 37.2 Å². The smallest absolute Gasteiger partial charge is 0.326 e.